The SMILES string of the molecule is Cc1ncnc(Oc2cccc(CO)c2)c1F. The lowest BCUT2D eigenvalue weighted by Crippen LogP contribution is -1.97. The largest absolute Gasteiger partial charge is 0.436 e. The van der Waals surface area contributed by atoms with Crippen LogP contribution in [0.25, 0.3) is 0 Å². The van der Waals surface area contributed by atoms with E-state index in [2.05, 4.69) is 9.97 Å². The fraction of sp³-hybridized carbons (Fsp3) is 0.167. The zero-order valence-electron chi connectivity index (χ0n) is 9.22. The summed E-state index contributed by atoms with van der Waals surface area (Å²) in [6.07, 6.45) is 1.24. The van der Waals surface area contributed by atoms with Crippen molar-refractivity contribution in [2.45, 2.75) is 13.5 Å². The van der Waals surface area contributed by atoms with Gasteiger partial charge < -0.3 is 9.84 Å². The number of aliphatic hydroxyl groups is 1. The van der Waals surface area contributed by atoms with E-state index in [-0.39, 0.29) is 18.2 Å². The minimum atomic E-state index is -0.582. The Morgan fingerprint density at radius 1 is 1.35 bits per heavy atom. The van der Waals surface area contributed by atoms with Crippen LogP contribution in [0.5, 0.6) is 11.6 Å². The fourth-order valence-electron chi connectivity index (χ4n) is 1.33. The van der Waals surface area contributed by atoms with Crippen LogP contribution in [0, 0.1) is 12.7 Å². The highest BCUT2D eigenvalue weighted by Crippen LogP contribution is 2.23. The summed E-state index contributed by atoms with van der Waals surface area (Å²) in [5.41, 5.74) is 0.919. The highest BCUT2D eigenvalue weighted by molar-refractivity contribution is 5.31. The molecular weight excluding hydrogens is 223 g/mol. The van der Waals surface area contributed by atoms with Gasteiger partial charge in [0.1, 0.15) is 12.1 Å². The van der Waals surface area contributed by atoms with Gasteiger partial charge in [-0.3, -0.25) is 0 Å². The quantitative estimate of drug-likeness (QED) is 0.884. The number of aliphatic hydroxyl groups excluding tert-OH is 1. The van der Waals surface area contributed by atoms with Crippen molar-refractivity contribution in [3.8, 4) is 11.6 Å². The van der Waals surface area contributed by atoms with Gasteiger partial charge in [-0.2, -0.15) is 9.37 Å². The number of rotatable bonds is 3. The third-order valence-corrected chi connectivity index (χ3v) is 2.23. The fourth-order valence-corrected chi connectivity index (χ4v) is 1.33. The number of aryl methyl sites for hydroxylation is 1. The van der Waals surface area contributed by atoms with E-state index in [0.29, 0.717) is 11.3 Å². The summed E-state index contributed by atoms with van der Waals surface area (Å²) < 4.78 is 18.9. The summed E-state index contributed by atoms with van der Waals surface area (Å²) in [6.45, 7) is 1.44. The number of nitrogens with zero attached hydrogens (tertiary/aromatic N) is 2. The van der Waals surface area contributed by atoms with Crippen molar-refractivity contribution >= 4 is 0 Å². The molecule has 1 aromatic carbocycles. The molecule has 0 fully saturated rings. The molecule has 88 valence electrons. The van der Waals surface area contributed by atoms with Crippen LogP contribution in [0.3, 0.4) is 0 Å². The molecule has 0 aliphatic heterocycles. The first-order chi connectivity index (χ1) is 8.20. The summed E-state index contributed by atoms with van der Waals surface area (Å²) >= 11 is 0. The molecule has 0 bridgehead atoms. The van der Waals surface area contributed by atoms with Crippen LogP contribution in [-0.2, 0) is 6.61 Å². The average Bonchev–Trinajstić information content (AvgIpc) is 2.35. The molecular formula is C12H11FN2O2. The molecule has 0 radical (unpaired) electrons. The summed E-state index contributed by atoms with van der Waals surface area (Å²) in [6, 6.07) is 6.74. The van der Waals surface area contributed by atoms with Crippen LogP contribution in [0.4, 0.5) is 4.39 Å². The maximum Gasteiger partial charge on any atom is 0.259 e. The predicted octanol–water partition coefficient (Wildman–Crippen LogP) is 2.21. The zero-order chi connectivity index (χ0) is 12.3. The number of benzene rings is 1. The second-order valence-corrected chi connectivity index (χ2v) is 3.49. The first kappa shape index (κ1) is 11.5. The van der Waals surface area contributed by atoms with Crippen molar-refractivity contribution < 1.29 is 14.2 Å². The van der Waals surface area contributed by atoms with Gasteiger partial charge in [-0.05, 0) is 24.6 Å². The standard InChI is InChI=1S/C12H11FN2O2/c1-8-11(13)12(15-7-14-8)17-10-4-2-3-9(5-10)6-16/h2-5,7,16H,6H2,1H3. The van der Waals surface area contributed by atoms with Crippen molar-refractivity contribution in [2.24, 2.45) is 0 Å². The summed E-state index contributed by atoms with van der Waals surface area (Å²) in [7, 11) is 0. The molecule has 0 amide bonds. The molecule has 2 rings (SSSR count). The average molecular weight is 234 g/mol. The Hall–Kier alpha value is -2.01. The molecule has 0 aliphatic carbocycles. The molecule has 0 saturated heterocycles. The van der Waals surface area contributed by atoms with Gasteiger partial charge in [0.25, 0.3) is 5.88 Å². The first-order valence-corrected chi connectivity index (χ1v) is 5.05. The third-order valence-electron chi connectivity index (χ3n) is 2.23. The van der Waals surface area contributed by atoms with Crippen molar-refractivity contribution in [3.63, 3.8) is 0 Å². The van der Waals surface area contributed by atoms with Crippen molar-refractivity contribution in [3.05, 3.63) is 47.7 Å². The van der Waals surface area contributed by atoms with Crippen LogP contribution >= 0.6 is 0 Å². The van der Waals surface area contributed by atoms with Crippen LogP contribution in [0.1, 0.15) is 11.3 Å². The van der Waals surface area contributed by atoms with Gasteiger partial charge in [-0.15, -0.1) is 0 Å². The van der Waals surface area contributed by atoms with Gasteiger partial charge in [0.05, 0.1) is 12.3 Å². The van der Waals surface area contributed by atoms with Crippen molar-refractivity contribution in [1.29, 1.82) is 0 Å². The Morgan fingerprint density at radius 2 is 2.18 bits per heavy atom. The molecule has 0 unspecified atom stereocenters. The minimum Gasteiger partial charge on any atom is -0.436 e. The molecule has 4 nitrogen and oxygen atoms in total. The second kappa shape index (κ2) is 4.88. The van der Waals surface area contributed by atoms with E-state index in [4.69, 9.17) is 9.84 Å². The van der Waals surface area contributed by atoms with E-state index in [1.165, 1.54) is 13.3 Å². The van der Waals surface area contributed by atoms with Gasteiger partial charge in [0, 0.05) is 0 Å². The number of aromatic nitrogens is 2. The highest BCUT2D eigenvalue weighted by Gasteiger charge is 2.09. The number of hydrogen-bond donors (Lipinski definition) is 1. The molecule has 1 N–H and O–H groups in total. The Kier molecular flexibility index (Phi) is 3.30. The summed E-state index contributed by atoms with van der Waals surface area (Å²) in [4.78, 5) is 7.43. The molecule has 17 heavy (non-hydrogen) atoms. The number of hydrogen-bond acceptors (Lipinski definition) is 4. The molecule has 2 aromatic rings. The van der Waals surface area contributed by atoms with Crippen molar-refractivity contribution in [2.75, 3.05) is 0 Å². The third kappa shape index (κ3) is 2.57. The predicted molar refractivity (Wildman–Crippen MR) is 59.2 cm³/mol. The summed E-state index contributed by atoms with van der Waals surface area (Å²) in [5, 5.41) is 8.97. The molecule has 1 aromatic heterocycles. The Morgan fingerprint density at radius 3 is 2.94 bits per heavy atom. The normalized spacial score (nSPS) is 10.3. The first-order valence-electron chi connectivity index (χ1n) is 5.05. The molecule has 0 saturated carbocycles. The lowest BCUT2D eigenvalue weighted by atomic mass is 10.2. The number of halogens is 1. The Labute approximate surface area is 97.7 Å². The van der Waals surface area contributed by atoms with Gasteiger partial charge in [0.2, 0.25) is 5.82 Å². The van der Waals surface area contributed by atoms with Crippen LogP contribution in [0.15, 0.2) is 30.6 Å². The second-order valence-electron chi connectivity index (χ2n) is 3.49. The van der Waals surface area contributed by atoms with Gasteiger partial charge in [0.15, 0.2) is 0 Å². The van der Waals surface area contributed by atoms with Crippen LogP contribution < -0.4 is 4.74 Å². The van der Waals surface area contributed by atoms with E-state index in [1.807, 2.05) is 0 Å². The van der Waals surface area contributed by atoms with E-state index in [9.17, 15) is 4.39 Å². The van der Waals surface area contributed by atoms with Gasteiger partial charge in [-0.1, -0.05) is 12.1 Å². The lowest BCUT2D eigenvalue weighted by Gasteiger charge is -2.07. The Balaban J connectivity index is 2.28. The lowest BCUT2D eigenvalue weighted by molar-refractivity contribution is 0.281. The smallest absolute Gasteiger partial charge is 0.259 e. The van der Waals surface area contributed by atoms with E-state index in [0.717, 1.165) is 0 Å². The van der Waals surface area contributed by atoms with Crippen LogP contribution in [-0.4, -0.2) is 15.1 Å². The maximum atomic E-state index is 13.6. The minimum absolute atomic E-state index is 0.0948. The van der Waals surface area contributed by atoms with E-state index >= 15 is 0 Å². The van der Waals surface area contributed by atoms with E-state index in [1.54, 1.807) is 24.3 Å². The van der Waals surface area contributed by atoms with E-state index < -0.39 is 5.82 Å². The van der Waals surface area contributed by atoms with Gasteiger partial charge in [-0.25, -0.2) is 4.98 Å². The monoisotopic (exact) mass is 234 g/mol. The molecule has 1 heterocycles. The van der Waals surface area contributed by atoms with Crippen LogP contribution in [0.2, 0.25) is 0 Å². The zero-order valence-corrected chi connectivity index (χ0v) is 9.22. The maximum absolute atomic E-state index is 13.6. The topological polar surface area (TPSA) is 55.2 Å². The molecule has 0 spiro atoms. The Bertz CT molecular complexity index is 532. The van der Waals surface area contributed by atoms with Gasteiger partial charge >= 0.3 is 0 Å². The molecule has 5 heteroatoms. The number of ether oxygens (including phenoxy) is 1. The molecule has 0 aliphatic rings. The molecule has 0 atom stereocenters. The van der Waals surface area contributed by atoms with Crippen molar-refractivity contribution in [1.82, 2.24) is 9.97 Å². The highest BCUT2D eigenvalue weighted by atomic mass is 19.1. The summed E-state index contributed by atoms with van der Waals surface area (Å²) in [5.74, 6) is -0.275.